The van der Waals surface area contributed by atoms with Crippen molar-refractivity contribution in [1.29, 1.82) is 0 Å². The molecule has 0 atom stereocenters. The molecule has 0 spiro atoms. The highest BCUT2D eigenvalue weighted by atomic mass is 13.7. The molecular formula is C66H164. The number of hydrogen-bond donors (Lipinski definition) is 0. The van der Waals surface area contributed by atoms with Crippen LogP contribution < -0.4 is 0 Å². The van der Waals surface area contributed by atoms with Crippen LogP contribution in [0.25, 0.3) is 0 Å². The van der Waals surface area contributed by atoms with Crippen molar-refractivity contribution in [2.24, 2.45) is 0 Å². The summed E-state index contributed by atoms with van der Waals surface area (Å²) in [5.74, 6) is 0. The molecule has 0 rings (SSSR count). The third kappa shape index (κ3) is 1010. The van der Waals surface area contributed by atoms with Crippen molar-refractivity contribution in [2.45, 2.75) is 427 Å². The molecule has 0 fully saturated rings. The van der Waals surface area contributed by atoms with Gasteiger partial charge in [-0.1, -0.05) is 427 Å². The molecule has 0 amide bonds. The normalized spacial score (nSPS) is 7.33. The molecule has 66 heavy (non-hydrogen) atoms. The second-order valence-electron chi connectivity index (χ2n) is 16.0. The molecule has 0 aromatic rings. The summed E-state index contributed by atoms with van der Waals surface area (Å²) in [7, 11) is 0. The van der Waals surface area contributed by atoms with E-state index < -0.39 is 0 Å². The van der Waals surface area contributed by atoms with Crippen LogP contribution in [0, 0.1) is 0 Å². The molecule has 0 aliphatic heterocycles. The zero-order chi connectivity index (χ0) is 56.6. The van der Waals surface area contributed by atoms with E-state index in [1.165, 1.54) is 205 Å². The van der Waals surface area contributed by atoms with Crippen LogP contribution in [0.5, 0.6) is 0 Å². The van der Waals surface area contributed by atoms with Crippen LogP contribution in [0.1, 0.15) is 427 Å². The molecule has 0 saturated carbocycles. The van der Waals surface area contributed by atoms with E-state index in [0.29, 0.717) is 0 Å². The molecule has 0 bridgehead atoms. The predicted molar refractivity (Wildman–Crippen MR) is 341 cm³/mol. The topological polar surface area (TPSA) is 0 Å². The Labute approximate surface area is 438 Å². The lowest BCUT2D eigenvalue weighted by molar-refractivity contribution is 0.886. The molecule has 0 nitrogen and oxygen atoms in total. The number of rotatable bonds is 16. The van der Waals surface area contributed by atoms with Gasteiger partial charge >= 0.3 is 0 Å². The molecule has 428 valence electrons. The molecule has 0 radical (unpaired) electrons. The minimum atomic E-state index is 1.32. The van der Waals surface area contributed by atoms with Crippen LogP contribution in [-0.2, 0) is 0 Å². The molecule has 0 aromatic carbocycles. The van der Waals surface area contributed by atoms with Gasteiger partial charge < -0.3 is 0 Å². The highest BCUT2D eigenvalue weighted by Crippen LogP contribution is 1.82. The number of unbranched alkanes of at least 4 members (excludes halogenated alkanes) is 16. The van der Waals surface area contributed by atoms with Crippen molar-refractivity contribution in [3.63, 3.8) is 0 Å². The molecule has 0 N–H and O–H groups in total. The summed E-state index contributed by atoms with van der Waals surface area (Å²) in [6.07, 6.45) is 42.2. The van der Waals surface area contributed by atoms with Gasteiger partial charge in [0.25, 0.3) is 0 Å². The zero-order valence-corrected chi connectivity index (χ0v) is 56.0. The van der Waals surface area contributed by atoms with Crippen molar-refractivity contribution in [3.05, 3.63) is 13.2 Å². The van der Waals surface area contributed by atoms with Gasteiger partial charge in [-0.2, -0.15) is 0 Å². The first-order chi connectivity index (χ1) is 31.6. The van der Waals surface area contributed by atoms with Crippen LogP contribution in [0.4, 0.5) is 0 Å². The van der Waals surface area contributed by atoms with E-state index in [9.17, 15) is 0 Å². The third-order valence-electron chi connectivity index (χ3n) is 8.00. The predicted octanol–water partition coefficient (Wildman–Crippen LogP) is 29.7. The van der Waals surface area contributed by atoms with E-state index in [0.717, 1.165) is 0 Å². The fourth-order valence-corrected chi connectivity index (χ4v) is 0. The van der Waals surface area contributed by atoms with E-state index >= 15 is 0 Å². The van der Waals surface area contributed by atoms with Crippen molar-refractivity contribution in [1.82, 2.24) is 0 Å². The quantitative estimate of drug-likeness (QED) is 0.135. The van der Waals surface area contributed by atoms with Gasteiger partial charge in [-0.05, 0) is 0 Å². The number of hydrogen-bond acceptors (Lipinski definition) is 0. The van der Waals surface area contributed by atoms with Gasteiger partial charge in [0.05, 0.1) is 0 Å². The van der Waals surface area contributed by atoms with Crippen LogP contribution in [0.3, 0.4) is 0 Å². The Bertz CT molecular complexity index is 173. The van der Waals surface area contributed by atoms with Gasteiger partial charge in [-0.15, -0.1) is 13.2 Å². The SMILES string of the molecule is C=C.CCCC.CCCC.CCCC.CCCC.CCCC.CCCC.CCCC.CCCC.CCCC.CCCC.CCCC.CCCC.CCCC.CCCC.CCCC.CCCC. The Balaban J connectivity index is -0.0000000258. The van der Waals surface area contributed by atoms with Crippen molar-refractivity contribution in [3.8, 4) is 0 Å². The van der Waals surface area contributed by atoms with E-state index in [2.05, 4.69) is 235 Å². The van der Waals surface area contributed by atoms with Crippen LogP contribution in [0.15, 0.2) is 13.2 Å². The first-order valence-corrected chi connectivity index (χ1v) is 31.1. The highest BCUT2D eigenvalue weighted by Gasteiger charge is 1.62. The van der Waals surface area contributed by atoms with E-state index in [-0.39, 0.29) is 0 Å². The van der Waals surface area contributed by atoms with Gasteiger partial charge in [0, 0.05) is 0 Å². The van der Waals surface area contributed by atoms with Crippen molar-refractivity contribution >= 4 is 0 Å². The summed E-state index contributed by atoms with van der Waals surface area (Å²) in [6.45, 7) is 75.8. The minimum Gasteiger partial charge on any atom is -0.106 e. The lowest BCUT2D eigenvalue weighted by Crippen LogP contribution is -1.47. The fraction of sp³-hybridized carbons (Fsp3) is 0.970. The van der Waals surface area contributed by atoms with Gasteiger partial charge in [0.15, 0.2) is 0 Å². The average Bonchev–Trinajstić information content (AvgIpc) is 3.41. The lowest BCUT2D eigenvalue weighted by atomic mass is 10.4. The summed E-state index contributed by atoms with van der Waals surface area (Å²) in [5.41, 5.74) is 0. The molecular weight excluding hydrogens is 793 g/mol. The maximum Gasteiger partial charge on any atom is -0.0564 e. The molecule has 0 saturated heterocycles. The van der Waals surface area contributed by atoms with Crippen molar-refractivity contribution in [2.75, 3.05) is 0 Å². The largest absolute Gasteiger partial charge is 0.106 e. The molecule has 0 aliphatic carbocycles. The second kappa shape index (κ2) is 261. The molecule has 0 heterocycles. The molecule has 0 unspecified atom stereocenters. The summed E-state index contributed by atoms with van der Waals surface area (Å²) in [4.78, 5) is 0. The molecule has 0 heteroatoms. The highest BCUT2D eigenvalue weighted by molar-refractivity contribution is 4.22. The Kier molecular flexibility index (Phi) is 459. The smallest absolute Gasteiger partial charge is 0.0564 e. The van der Waals surface area contributed by atoms with E-state index in [1.807, 2.05) is 0 Å². The third-order valence-corrected chi connectivity index (χ3v) is 8.00. The Hall–Kier alpha value is -0.260. The Morgan fingerprint density at radius 3 is 0.106 bits per heavy atom. The van der Waals surface area contributed by atoms with Gasteiger partial charge in [-0.25, -0.2) is 0 Å². The van der Waals surface area contributed by atoms with Crippen LogP contribution in [0.2, 0.25) is 0 Å². The maximum absolute atomic E-state index is 3.00. The minimum absolute atomic E-state index is 1.32. The summed E-state index contributed by atoms with van der Waals surface area (Å²) >= 11 is 0. The van der Waals surface area contributed by atoms with Gasteiger partial charge in [-0.3, -0.25) is 0 Å². The first-order valence-electron chi connectivity index (χ1n) is 31.1. The molecule has 0 aromatic heterocycles. The second-order valence-corrected chi connectivity index (χ2v) is 16.0. The maximum atomic E-state index is 3.00. The van der Waals surface area contributed by atoms with Crippen molar-refractivity contribution < 1.29 is 0 Å². The standard InChI is InChI=1S/16C4H10.C2H4/c16*1-3-4-2;1-2/h16*3-4H2,1-2H3;1-2H2. The Morgan fingerprint density at radius 1 is 0.0909 bits per heavy atom. The summed E-state index contributed by atoms with van der Waals surface area (Å²) in [5, 5.41) is 0. The van der Waals surface area contributed by atoms with Crippen LogP contribution >= 0.6 is 0 Å². The summed E-state index contributed by atoms with van der Waals surface area (Å²) in [6, 6.07) is 0. The average molecular weight is 958 g/mol. The fourth-order valence-electron chi connectivity index (χ4n) is 0. The summed E-state index contributed by atoms with van der Waals surface area (Å²) < 4.78 is 0. The van der Waals surface area contributed by atoms with Gasteiger partial charge in [0.2, 0.25) is 0 Å². The zero-order valence-electron chi connectivity index (χ0n) is 56.0. The molecule has 0 aliphatic rings. The van der Waals surface area contributed by atoms with Crippen LogP contribution in [-0.4, -0.2) is 0 Å². The first kappa shape index (κ1) is 116. The van der Waals surface area contributed by atoms with E-state index in [4.69, 9.17) is 0 Å². The monoisotopic (exact) mass is 957 g/mol. The van der Waals surface area contributed by atoms with E-state index in [1.54, 1.807) is 0 Å². The van der Waals surface area contributed by atoms with Gasteiger partial charge in [0.1, 0.15) is 0 Å². The Morgan fingerprint density at radius 2 is 0.106 bits per heavy atom. The lowest BCUT2D eigenvalue weighted by Gasteiger charge is -1.68.